The van der Waals surface area contributed by atoms with Crippen molar-refractivity contribution in [3.8, 4) is 11.5 Å². The fourth-order valence-corrected chi connectivity index (χ4v) is 2.72. The highest BCUT2D eigenvalue weighted by molar-refractivity contribution is 5.97. The number of methoxy groups -OCH3 is 1. The van der Waals surface area contributed by atoms with Gasteiger partial charge in [0.05, 0.1) is 25.2 Å². The Hall–Kier alpha value is -2.24. The zero-order valence-corrected chi connectivity index (χ0v) is 14.4. The molecule has 0 saturated carbocycles. The Morgan fingerprint density at radius 3 is 2.75 bits per heavy atom. The first-order chi connectivity index (χ1) is 11.4. The number of nitrogens with zero attached hydrogens (tertiary/aromatic N) is 1. The molecule has 0 spiro atoms. The summed E-state index contributed by atoms with van der Waals surface area (Å²) < 4.78 is 11.0. The van der Waals surface area contributed by atoms with Crippen LogP contribution >= 0.6 is 0 Å². The Morgan fingerprint density at radius 1 is 1.38 bits per heavy atom. The zero-order valence-electron chi connectivity index (χ0n) is 14.4. The third-order valence-electron chi connectivity index (χ3n) is 4.05. The molecule has 24 heavy (non-hydrogen) atoms. The molecule has 2 rings (SSSR count). The highest BCUT2D eigenvalue weighted by Gasteiger charge is 2.30. The standard InChI is InChI=1S/C18H25NO5/c1-12(2)11-24-16-9-14(23-3)6-7-15(16)17(20)19-8-4-5-13(10-19)18(21)22/h6-7,9,12-13H,4-5,8,10-11H2,1-3H3,(H,21,22)/t13-/m0/s1. The summed E-state index contributed by atoms with van der Waals surface area (Å²) in [7, 11) is 1.56. The van der Waals surface area contributed by atoms with Gasteiger partial charge in [-0.25, -0.2) is 0 Å². The number of carboxylic acids is 1. The fraction of sp³-hybridized carbons (Fsp3) is 0.556. The fourth-order valence-electron chi connectivity index (χ4n) is 2.72. The number of benzene rings is 1. The van der Waals surface area contributed by atoms with Crippen LogP contribution in [0.15, 0.2) is 18.2 Å². The Bertz CT molecular complexity index is 599. The average molecular weight is 335 g/mol. The van der Waals surface area contributed by atoms with E-state index in [-0.39, 0.29) is 12.5 Å². The Kier molecular flexibility index (Phi) is 6.06. The number of ether oxygens (including phenoxy) is 2. The highest BCUT2D eigenvalue weighted by Crippen LogP contribution is 2.28. The first-order valence-electron chi connectivity index (χ1n) is 8.25. The maximum Gasteiger partial charge on any atom is 0.308 e. The molecule has 0 aromatic heterocycles. The van der Waals surface area contributed by atoms with E-state index < -0.39 is 11.9 Å². The molecular weight excluding hydrogens is 310 g/mol. The van der Waals surface area contributed by atoms with Crippen molar-refractivity contribution in [2.45, 2.75) is 26.7 Å². The molecule has 1 heterocycles. The van der Waals surface area contributed by atoms with Crippen LogP contribution in [0, 0.1) is 11.8 Å². The molecule has 1 aromatic rings. The number of carboxylic acid groups (broad SMARTS) is 1. The van der Waals surface area contributed by atoms with Crippen molar-refractivity contribution >= 4 is 11.9 Å². The lowest BCUT2D eigenvalue weighted by Gasteiger charge is -2.31. The van der Waals surface area contributed by atoms with Crippen molar-refractivity contribution in [2.75, 3.05) is 26.8 Å². The summed E-state index contributed by atoms with van der Waals surface area (Å²) in [5.74, 6) is -0.120. The van der Waals surface area contributed by atoms with E-state index in [2.05, 4.69) is 0 Å². The second kappa shape index (κ2) is 8.04. The lowest BCUT2D eigenvalue weighted by Crippen LogP contribution is -2.42. The number of carbonyl (C=O) groups excluding carboxylic acids is 1. The van der Waals surface area contributed by atoms with Crippen LogP contribution in [-0.4, -0.2) is 48.7 Å². The number of rotatable bonds is 6. The van der Waals surface area contributed by atoms with Crippen molar-refractivity contribution in [1.82, 2.24) is 4.90 Å². The lowest BCUT2D eigenvalue weighted by molar-refractivity contribution is -0.143. The van der Waals surface area contributed by atoms with Gasteiger partial charge < -0.3 is 19.5 Å². The van der Waals surface area contributed by atoms with Crippen LogP contribution < -0.4 is 9.47 Å². The molecule has 1 aromatic carbocycles. The minimum atomic E-state index is -0.849. The number of amides is 1. The van der Waals surface area contributed by atoms with Gasteiger partial charge in [-0.05, 0) is 30.9 Å². The second-order valence-electron chi connectivity index (χ2n) is 6.50. The Balaban J connectivity index is 2.22. The van der Waals surface area contributed by atoms with Gasteiger partial charge in [-0.2, -0.15) is 0 Å². The normalized spacial score (nSPS) is 17.7. The largest absolute Gasteiger partial charge is 0.497 e. The summed E-state index contributed by atoms with van der Waals surface area (Å²) in [5, 5.41) is 9.20. The minimum absolute atomic E-state index is 0.192. The van der Waals surface area contributed by atoms with E-state index >= 15 is 0 Å². The van der Waals surface area contributed by atoms with E-state index in [0.29, 0.717) is 49.0 Å². The van der Waals surface area contributed by atoms with Crippen LogP contribution in [0.2, 0.25) is 0 Å². The van der Waals surface area contributed by atoms with E-state index in [1.807, 2.05) is 13.8 Å². The summed E-state index contributed by atoms with van der Waals surface area (Å²) in [6.45, 7) is 5.36. The first-order valence-corrected chi connectivity index (χ1v) is 8.25. The second-order valence-corrected chi connectivity index (χ2v) is 6.50. The van der Waals surface area contributed by atoms with Gasteiger partial charge >= 0.3 is 5.97 Å². The van der Waals surface area contributed by atoms with Crippen LogP contribution in [0.5, 0.6) is 11.5 Å². The SMILES string of the molecule is COc1ccc(C(=O)N2CCC[C@H](C(=O)O)C2)c(OCC(C)C)c1. The lowest BCUT2D eigenvalue weighted by atomic mass is 9.97. The molecule has 1 saturated heterocycles. The third kappa shape index (κ3) is 4.40. The molecule has 6 heteroatoms. The monoisotopic (exact) mass is 335 g/mol. The molecule has 0 bridgehead atoms. The van der Waals surface area contributed by atoms with E-state index in [4.69, 9.17) is 9.47 Å². The summed E-state index contributed by atoms with van der Waals surface area (Å²) in [6.07, 6.45) is 1.31. The molecule has 1 amide bonds. The topological polar surface area (TPSA) is 76.1 Å². The molecule has 1 aliphatic rings. The van der Waals surface area contributed by atoms with Gasteiger partial charge in [-0.1, -0.05) is 13.8 Å². The molecule has 0 unspecified atom stereocenters. The predicted molar refractivity (Wildman–Crippen MR) is 89.6 cm³/mol. The van der Waals surface area contributed by atoms with Crippen LogP contribution in [0.4, 0.5) is 0 Å². The zero-order chi connectivity index (χ0) is 17.7. The van der Waals surface area contributed by atoms with Crippen molar-refractivity contribution in [2.24, 2.45) is 11.8 Å². The number of likely N-dealkylation sites (tertiary alicyclic amines) is 1. The number of piperidine rings is 1. The highest BCUT2D eigenvalue weighted by atomic mass is 16.5. The van der Waals surface area contributed by atoms with Crippen LogP contribution in [0.3, 0.4) is 0 Å². The van der Waals surface area contributed by atoms with Crippen LogP contribution in [-0.2, 0) is 4.79 Å². The van der Waals surface area contributed by atoms with E-state index in [1.54, 1.807) is 30.2 Å². The summed E-state index contributed by atoms with van der Waals surface area (Å²) in [4.78, 5) is 25.7. The molecular formula is C18H25NO5. The molecule has 1 atom stereocenters. The number of aliphatic carboxylic acids is 1. The Labute approximate surface area is 142 Å². The van der Waals surface area contributed by atoms with Gasteiger partial charge in [0.15, 0.2) is 0 Å². The number of hydrogen-bond donors (Lipinski definition) is 1. The maximum atomic E-state index is 12.8. The third-order valence-corrected chi connectivity index (χ3v) is 4.05. The van der Waals surface area contributed by atoms with Gasteiger partial charge in [0.1, 0.15) is 11.5 Å². The van der Waals surface area contributed by atoms with Crippen LogP contribution in [0.1, 0.15) is 37.0 Å². The molecule has 1 aliphatic heterocycles. The predicted octanol–water partition coefficient (Wildman–Crippen LogP) is 2.67. The van der Waals surface area contributed by atoms with Crippen molar-refractivity contribution in [3.63, 3.8) is 0 Å². The number of hydrogen-bond acceptors (Lipinski definition) is 4. The minimum Gasteiger partial charge on any atom is -0.497 e. The molecule has 0 aliphatic carbocycles. The van der Waals surface area contributed by atoms with E-state index in [9.17, 15) is 14.7 Å². The summed E-state index contributed by atoms with van der Waals surface area (Å²) in [5.41, 5.74) is 0.447. The smallest absolute Gasteiger partial charge is 0.308 e. The van der Waals surface area contributed by atoms with Gasteiger partial charge in [0, 0.05) is 19.2 Å². The first kappa shape index (κ1) is 18.1. The van der Waals surface area contributed by atoms with Crippen LogP contribution in [0.25, 0.3) is 0 Å². The van der Waals surface area contributed by atoms with E-state index in [1.165, 1.54) is 0 Å². The van der Waals surface area contributed by atoms with Crippen molar-refractivity contribution < 1.29 is 24.2 Å². The summed E-state index contributed by atoms with van der Waals surface area (Å²) >= 11 is 0. The van der Waals surface area contributed by atoms with E-state index in [0.717, 1.165) is 0 Å². The van der Waals surface area contributed by atoms with Gasteiger partial charge in [-0.15, -0.1) is 0 Å². The van der Waals surface area contributed by atoms with Gasteiger partial charge in [0.2, 0.25) is 0 Å². The maximum absolute atomic E-state index is 12.8. The van der Waals surface area contributed by atoms with Crippen molar-refractivity contribution in [1.29, 1.82) is 0 Å². The number of carbonyl (C=O) groups is 2. The molecule has 1 fully saturated rings. The van der Waals surface area contributed by atoms with Crippen molar-refractivity contribution in [3.05, 3.63) is 23.8 Å². The Morgan fingerprint density at radius 2 is 2.12 bits per heavy atom. The summed E-state index contributed by atoms with van der Waals surface area (Å²) in [6, 6.07) is 5.10. The molecule has 0 radical (unpaired) electrons. The molecule has 132 valence electrons. The molecule has 1 N–H and O–H groups in total. The average Bonchev–Trinajstić information content (AvgIpc) is 2.59. The van der Waals surface area contributed by atoms with Gasteiger partial charge in [-0.3, -0.25) is 9.59 Å². The van der Waals surface area contributed by atoms with Gasteiger partial charge in [0.25, 0.3) is 5.91 Å². The molecule has 6 nitrogen and oxygen atoms in total. The quantitative estimate of drug-likeness (QED) is 0.865.